The molecule has 0 aliphatic carbocycles. The highest BCUT2D eigenvalue weighted by molar-refractivity contribution is 5.47. The van der Waals surface area contributed by atoms with Crippen LogP contribution in [0.2, 0.25) is 0 Å². The quantitative estimate of drug-likeness (QED) is 0.855. The number of ether oxygens (including phenoxy) is 1. The highest BCUT2D eigenvalue weighted by Gasteiger charge is 2.13. The lowest BCUT2D eigenvalue weighted by Crippen LogP contribution is -2.38. The first-order valence-electron chi connectivity index (χ1n) is 7.64. The van der Waals surface area contributed by atoms with Crippen LogP contribution in [0.15, 0.2) is 6.20 Å². The predicted molar refractivity (Wildman–Crippen MR) is 86.1 cm³/mol. The van der Waals surface area contributed by atoms with Gasteiger partial charge in [0.05, 0.1) is 13.2 Å². The number of hydrogen-bond acceptors (Lipinski definition) is 6. The van der Waals surface area contributed by atoms with E-state index in [9.17, 15) is 0 Å². The molecule has 6 heteroatoms. The lowest BCUT2D eigenvalue weighted by Gasteiger charge is -2.27. The summed E-state index contributed by atoms with van der Waals surface area (Å²) in [5.74, 6) is 1.67. The number of aromatic nitrogens is 2. The minimum absolute atomic E-state index is 0.352. The normalized spacial score (nSPS) is 17.5. The van der Waals surface area contributed by atoms with Crippen molar-refractivity contribution in [2.24, 2.45) is 0 Å². The molecule has 1 aromatic rings. The summed E-state index contributed by atoms with van der Waals surface area (Å²) in [4.78, 5) is 13.4. The van der Waals surface area contributed by atoms with E-state index in [2.05, 4.69) is 27.1 Å². The molecule has 0 saturated carbocycles. The third-order valence-corrected chi connectivity index (χ3v) is 3.73. The summed E-state index contributed by atoms with van der Waals surface area (Å²) in [7, 11) is 4.00. The van der Waals surface area contributed by atoms with Gasteiger partial charge in [0, 0.05) is 51.5 Å². The standard InChI is InChI=1S/C15H27N5O/c1-12-11-16-15(18-14(12)19(3)4)17-13(2)5-6-20-7-9-21-10-8-20/h11,13H,5-10H2,1-4H3,(H,16,17,18). The van der Waals surface area contributed by atoms with Crippen LogP contribution in [0, 0.1) is 6.92 Å². The van der Waals surface area contributed by atoms with Gasteiger partial charge in [-0.2, -0.15) is 4.98 Å². The molecule has 118 valence electrons. The van der Waals surface area contributed by atoms with Gasteiger partial charge in [-0.1, -0.05) is 0 Å². The molecule has 0 spiro atoms. The number of nitrogens with zero attached hydrogens (tertiary/aromatic N) is 4. The largest absolute Gasteiger partial charge is 0.379 e. The van der Waals surface area contributed by atoms with E-state index in [0.717, 1.165) is 50.7 Å². The van der Waals surface area contributed by atoms with E-state index in [1.54, 1.807) is 0 Å². The zero-order valence-electron chi connectivity index (χ0n) is 13.6. The Hall–Kier alpha value is -1.40. The Morgan fingerprint density at radius 3 is 2.76 bits per heavy atom. The number of rotatable bonds is 6. The molecule has 1 aromatic heterocycles. The van der Waals surface area contributed by atoms with Gasteiger partial charge in [0.2, 0.25) is 5.95 Å². The average Bonchev–Trinajstić information content (AvgIpc) is 2.48. The van der Waals surface area contributed by atoms with E-state index in [4.69, 9.17) is 4.74 Å². The first-order chi connectivity index (χ1) is 10.1. The van der Waals surface area contributed by atoms with Crippen molar-refractivity contribution in [2.75, 3.05) is 57.2 Å². The van der Waals surface area contributed by atoms with Gasteiger partial charge in [-0.05, 0) is 20.3 Å². The molecule has 1 fully saturated rings. The first-order valence-corrected chi connectivity index (χ1v) is 7.64. The monoisotopic (exact) mass is 293 g/mol. The smallest absolute Gasteiger partial charge is 0.224 e. The molecule has 0 bridgehead atoms. The van der Waals surface area contributed by atoms with E-state index in [0.29, 0.717) is 12.0 Å². The van der Waals surface area contributed by atoms with Gasteiger partial charge in [-0.3, -0.25) is 4.90 Å². The van der Waals surface area contributed by atoms with Crippen LogP contribution >= 0.6 is 0 Å². The molecule has 1 unspecified atom stereocenters. The molecule has 6 nitrogen and oxygen atoms in total. The van der Waals surface area contributed by atoms with Crippen LogP contribution in [0.5, 0.6) is 0 Å². The van der Waals surface area contributed by atoms with Crippen molar-refractivity contribution in [3.8, 4) is 0 Å². The van der Waals surface area contributed by atoms with E-state index in [1.807, 2.05) is 32.1 Å². The molecule has 1 aliphatic heterocycles. The minimum Gasteiger partial charge on any atom is -0.379 e. The van der Waals surface area contributed by atoms with Crippen molar-refractivity contribution in [3.05, 3.63) is 11.8 Å². The van der Waals surface area contributed by atoms with Gasteiger partial charge in [-0.25, -0.2) is 4.98 Å². The number of morpholine rings is 1. The van der Waals surface area contributed by atoms with Gasteiger partial charge in [0.1, 0.15) is 5.82 Å². The van der Waals surface area contributed by atoms with Gasteiger partial charge < -0.3 is 15.0 Å². The van der Waals surface area contributed by atoms with Crippen molar-refractivity contribution in [1.29, 1.82) is 0 Å². The number of hydrogen-bond donors (Lipinski definition) is 1. The van der Waals surface area contributed by atoms with Crippen LogP contribution in [0.4, 0.5) is 11.8 Å². The fourth-order valence-electron chi connectivity index (χ4n) is 2.45. The van der Waals surface area contributed by atoms with Crippen LogP contribution < -0.4 is 10.2 Å². The Morgan fingerprint density at radius 2 is 2.10 bits per heavy atom. The Morgan fingerprint density at radius 1 is 1.38 bits per heavy atom. The molecule has 1 saturated heterocycles. The molecule has 0 amide bonds. The van der Waals surface area contributed by atoms with E-state index in [-0.39, 0.29) is 0 Å². The third-order valence-electron chi connectivity index (χ3n) is 3.73. The van der Waals surface area contributed by atoms with E-state index < -0.39 is 0 Å². The Bertz CT molecular complexity index is 446. The highest BCUT2D eigenvalue weighted by Crippen LogP contribution is 2.16. The molecule has 1 aliphatic rings. The lowest BCUT2D eigenvalue weighted by atomic mass is 10.2. The Balaban J connectivity index is 1.84. The van der Waals surface area contributed by atoms with Crippen molar-refractivity contribution in [1.82, 2.24) is 14.9 Å². The molecule has 2 rings (SSSR count). The van der Waals surface area contributed by atoms with Crippen LogP contribution in [0.3, 0.4) is 0 Å². The second-order valence-corrected chi connectivity index (χ2v) is 5.88. The maximum absolute atomic E-state index is 5.37. The van der Waals surface area contributed by atoms with Crippen molar-refractivity contribution in [2.45, 2.75) is 26.3 Å². The molecular formula is C15H27N5O. The summed E-state index contributed by atoms with van der Waals surface area (Å²) in [6.45, 7) is 9.09. The molecule has 0 radical (unpaired) electrons. The zero-order chi connectivity index (χ0) is 15.2. The van der Waals surface area contributed by atoms with E-state index in [1.165, 1.54) is 0 Å². The minimum atomic E-state index is 0.352. The SMILES string of the molecule is Cc1cnc(NC(C)CCN2CCOCC2)nc1N(C)C. The van der Waals surface area contributed by atoms with Crippen LogP contribution in [0.1, 0.15) is 18.9 Å². The highest BCUT2D eigenvalue weighted by atomic mass is 16.5. The summed E-state index contributed by atoms with van der Waals surface area (Å²) >= 11 is 0. The maximum Gasteiger partial charge on any atom is 0.224 e. The first kappa shape index (κ1) is 16.0. The number of aryl methyl sites for hydroxylation is 1. The Kier molecular flexibility index (Phi) is 5.76. The van der Waals surface area contributed by atoms with Crippen molar-refractivity contribution in [3.63, 3.8) is 0 Å². The van der Waals surface area contributed by atoms with Gasteiger partial charge >= 0.3 is 0 Å². The summed E-state index contributed by atoms with van der Waals surface area (Å²) in [5.41, 5.74) is 1.09. The predicted octanol–water partition coefficient (Wildman–Crippen LogP) is 1.37. The zero-order valence-corrected chi connectivity index (χ0v) is 13.6. The fraction of sp³-hybridized carbons (Fsp3) is 0.733. The molecule has 21 heavy (non-hydrogen) atoms. The number of nitrogens with one attached hydrogen (secondary N) is 1. The summed E-state index contributed by atoms with van der Waals surface area (Å²) < 4.78 is 5.37. The molecular weight excluding hydrogens is 266 g/mol. The summed E-state index contributed by atoms with van der Waals surface area (Å²) in [6.07, 6.45) is 2.95. The molecule has 0 aromatic carbocycles. The van der Waals surface area contributed by atoms with E-state index >= 15 is 0 Å². The maximum atomic E-state index is 5.37. The molecule has 2 heterocycles. The lowest BCUT2D eigenvalue weighted by molar-refractivity contribution is 0.0370. The molecule has 1 atom stereocenters. The third kappa shape index (κ3) is 4.82. The van der Waals surface area contributed by atoms with Gasteiger partial charge in [-0.15, -0.1) is 0 Å². The average molecular weight is 293 g/mol. The molecule has 1 N–H and O–H groups in total. The van der Waals surface area contributed by atoms with Crippen LogP contribution in [-0.4, -0.2) is 67.9 Å². The van der Waals surface area contributed by atoms with Crippen molar-refractivity contribution < 1.29 is 4.74 Å². The summed E-state index contributed by atoms with van der Waals surface area (Å²) in [6, 6.07) is 0.352. The second-order valence-electron chi connectivity index (χ2n) is 5.88. The second kappa shape index (κ2) is 7.56. The van der Waals surface area contributed by atoms with Crippen LogP contribution in [-0.2, 0) is 4.74 Å². The fourth-order valence-corrected chi connectivity index (χ4v) is 2.45. The van der Waals surface area contributed by atoms with Crippen molar-refractivity contribution >= 4 is 11.8 Å². The van der Waals surface area contributed by atoms with Gasteiger partial charge in [0.15, 0.2) is 0 Å². The van der Waals surface area contributed by atoms with Gasteiger partial charge in [0.25, 0.3) is 0 Å². The Labute approximate surface area is 127 Å². The topological polar surface area (TPSA) is 53.5 Å². The number of anilines is 2. The van der Waals surface area contributed by atoms with Crippen LogP contribution in [0.25, 0.3) is 0 Å². The summed E-state index contributed by atoms with van der Waals surface area (Å²) in [5, 5.41) is 3.40.